The molecular formula is C24H29IN4O3. The Bertz CT molecular complexity index is 970. The number of ether oxygens (including phenoxy) is 2. The number of guanidine groups is 1. The van der Waals surface area contributed by atoms with Gasteiger partial charge in [-0.15, -0.1) is 30.4 Å². The maximum absolute atomic E-state index is 11.9. The summed E-state index contributed by atoms with van der Waals surface area (Å²) in [4.78, 5) is 18.0. The standard InChI is InChI=1S/C24H28N4O3.HI/c1-4-14-31-22-15-19(9-12-21(22)30-3)17-27-24(25-2)26-16-18-7-10-20(11-8-18)28-13-5-6-23(28)29;/h1,7-12,15H,5-6,13-14,16-17H2,2-3H3,(H2,25,26,27);1H. The predicted octanol–water partition coefficient (Wildman–Crippen LogP) is 3.32. The normalized spacial score (nSPS) is 13.2. The van der Waals surface area contributed by atoms with Crippen LogP contribution in [0, 0.1) is 12.3 Å². The van der Waals surface area contributed by atoms with Gasteiger partial charge in [0, 0.05) is 38.8 Å². The number of benzene rings is 2. The first-order valence-electron chi connectivity index (χ1n) is 10.2. The first-order valence-corrected chi connectivity index (χ1v) is 10.2. The number of halogens is 1. The van der Waals surface area contributed by atoms with E-state index in [1.54, 1.807) is 14.2 Å². The third kappa shape index (κ3) is 6.79. The van der Waals surface area contributed by atoms with E-state index in [2.05, 4.69) is 21.5 Å². The summed E-state index contributed by atoms with van der Waals surface area (Å²) in [5.74, 6) is 4.59. The van der Waals surface area contributed by atoms with Gasteiger partial charge in [0.25, 0.3) is 0 Å². The van der Waals surface area contributed by atoms with E-state index in [4.69, 9.17) is 15.9 Å². The average Bonchev–Trinajstić information content (AvgIpc) is 3.24. The van der Waals surface area contributed by atoms with Crippen molar-refractivity contribution in [3.05, 3.63) is 53.6 Å². The fourth-order valence-corrected chi connectivity index (χ4v) is 3.37. The van der Waals surface area contributed by atoms with Crippen molar-refractivity contribution in [2.24, 2.45) is 4.99 Å². The van der Waals surface area contributed by atoms with Crippen LogP contribution in [0.25, 0.3) is 0 Å². The van der Waals surface area contributed by atoms with Crippen molar-refractivity contribution in [2.45, 2.75) is 25.9 Å². The van der Waals surface area contributed by atoms with Gasteiger partial charge in [0.2, 0.25) is 5.91 Å². The molecule has 0 radical (unpaired) electrons. The second kappa shape index (κ2) is 12.8. The van der Waals surface area contributed by atoms with Crippen molar-refractivity contribution in [3.8, 4) is 23.8 Å². The molecule has 1 fully saturated rings. The van der Waals surface area contributed by atoms with Crippen molar-refractivity contribution in [2.75, 3.05) is 32.2 Å². The molecule has 1 aliphatic rings. The molecule has 1 heterocycles. The maximum atomic E-state index is 11.9. The lowest BCUT2D eigenvalue weighted by Crippen LogP contribution is -2.36. The Kier molecular flexibility index (Phi) is 10.1. The van der Waals surface area contributed by atoms with Crippen LogP contribution >= 0.6 is 24.0 Å². The van der Waals surface area contributed by atoms with E-state index in [0.29, 0.717) is 37.0 Å². The summed E-state index contributed by atoms with van der Waals surface area (Å²) in [6, 6.07) is 13.7. The van der Waals surface area contributed by atoms with Crippen molar-refractivity contribution < 1.29 is 14.3 Å². The van der Waals surface area contributed by atoms with Crippen LogP contribution in [0.2, 0.25) is 0 Å². The largest absolute Gasteiger partial charge is 0.493 e. The smallest absolute Gasteiger partial charge is 0.227 e. The number of methoxy groups -OCH3 is 1. The SMILES string of the molecule is C#CCOc1cc(CNC(=NC)NCc2ccc(N3CCCC3=O)cc2)ccc1OC.I. The average molecular weight is 548 g/mol. The number of aliphatic imine (C=N–C) groups is 1. The summed E-state index contributed by atoms with van der Waals surface area (Å²) >= 11 is 0. The molecule has 1 amide bonds. The minimum atomic E-state index is 0. The summed E-state index contributed by atoms with van der Waals surface area (Å²) < 4.78 is 10.9. The van der Waals surface area contributed by atoms with Crippen LogP contribution in [0.15, 0.2) is 47.5 Å². The van der Waals surface area contributed by atoms with E-state index in [1.165, 1.54) is 0 Å². The molecular weight excluding hydrogens is 519 g/mol. The highest BCUT2D eigenvalue weighted by molar-refractivity contribution is 14.0. The van der Waals surface area contributed by atoms with Gasteiger partial charge in [0.15, 0.2) is 17.5 Å². The first kappa shape index (κ1) is 25.3. The number of nitrogens with zero attached hydrogens (tertiary/aromatic N) is 2. The molecule has 0 aliphatic carbocycles. The zero-order valence-electron chi connectivity index (χ0n) is 18.4. The quantitative estimate of drug-likeness (QED) is 0.229. The van der Waals surface area contributed by atoms with Gasteiger partial charge in [-0.2, -0.15) is 0 Å². The second-order valence-electron chi connectivity index (χ2n) is 7.07. The Hall–Kier alpha value is -2.93. The molecule has 0 aromatic heterocycles. The molecule has 1 saturated heterocycles. The van der Waals surface area contributed by atoms with E-state index < -0.39 is 0 Å². The summed E-state index contributed by atoms with van der Waals surface area (Å²) in [5.41, 5.74) is 3.07. The minimum Gasteiger partial charge on any atom is -0.493 e. The van der Waals surface area contributed by atoms with Crippen LogP contribution in [-0.4, -0.2) is 39.2 Å². The maximum Gasteiger partial charge on any atom is 0.227 e. The topological polar surface area (TPSA) is 75.2 Å². The zero-order valence-corrected chi connectivity index (χ0v) is 20.7. The molecule has 170 valence electrons. The number of hydrogen-bond donors (Lipinski definition) is 2. The first-order chi connectivity index (χ1) is 15.1. The molecule has 1 aliphatic heterocycles. The van der Waals surface area contributed by atoms with Crippen LogP contribution in [0.3, 0.4) is 0 Å². The van der Waals surface area contributed by atoms with Gasteiger partial charge in [-0.25, -0.2) is 0 Å². The Morgan fingerprint density at radius 1 is 1.12 bits per heavy atom. The van der Waals surface area contributed by atoms with Gasteiger partial charge in [0.1, 0.15) is 6.61 Å². The van der Waals surface area contributed by atoms with E-state index >= 15 is 0 Å². The number of carbonyl (C=O) groups is 1. The molecule has 0 atom stereocenters. The van der Waals surface area contributed by atoms with Gasteiger partial charge >= 0.3 is 0 Å². The van der Waals surface area contributed by atoms with E-state index in [9.17, 15) is 4.79 Å². The molecule has 8 heteroatoms. The molecule has 0 spiro atoms. The fraction of sp³-hybridized carbons (Fsp3) is 0.333. The van der Waals surface area contributed by atoms with Crippen LogP contribution in [0.1, 0.15) is 24.0 Å². The second-order valence-corrected chi connectivity index (χ2v) is 7.07. The lowest BCUT2D eigenvalue weighted by atomic mass is 10.2. The van der Waals surface area contributed by atoms with Crippen molar-refractivity contribution >= 4 is 41.5 Å². The lowest BCUT2D eigenvalue weighted by molar-refractivity contribution is -0.117. The van der Waals surface area contributed by atoms with Crippen molar-refractivity contribution in [1.29, 1.82) is 0 Å². The van der Waals surface area contributed by atoms with Crippen LogP contribution < -0.4 is 25.0 Å². The number of rotatable bonds is 8. The number of nitrogens with one attached hydrogen (secondary N) is 2. The highest BCUT2D eigenvalue weighted by Crippen LogP contribution is 2.28. The summed E-state index contributed by atoms with van der Waals surface area (Å²) in [7, 11) is 3.32. The van der Waals surface area contributed by atoms with Gasteiger partial charge in [-0.05, 0) is 41.8 Å². The predicted molar refractivity (Wildman–Crippen MR) is 138 cm³/mol. The third-order valence-corrected chi connectivity index (χ3v) is 5.00. The van der Waals surface area contributed by atoms with Crippen LogP contribution in [-0.2, 0) is 17.9 Å². The molecule has 0 saturated carbocycles. The number of terminal acetylenes is 1. The lowest BCUT2D eigenvalue weighted by Gasteiger charge is -2.16. The molecule has 0 unspecified atom stereocenters. The highest BCUT2D eigenvalue weighted by Gasteiger charge is 2.21. The monoisotopic (exact) mass is 548 g/mol. The van der Waals surface area contributed by atoms with Gasteiger partial charge < -0.3 is 25.0 Å². The van der Waals surface area contributed by atoms with Gasteiger partial charge in [0.05, 0.1) is 7.11 Å². The fourth-order valence-electron chi connectivity index (χ4n) is 3.37. The van der Waals surface area contributed by atoms with Gasteiger partial charge in [-0.3, -0.25) is 9.79 Å². The molecule has 2 aromatic carbocycles. The van der Waals surface area contributed by atoms with Crippen LogP contribution in [0.4, 0.5) is 5.69 Å². The summed E-state index contributed by atoms with van der Waals surface area (Å²) in [5, 5.41) is 6.59. The van der Waals surface area contributed by atoms with E-state index in [1.807, 2.05) is 47.4 Å². The summed E-state index contributed by atoms with van der Waals surface area (Å²) in [6.45, 7) is 2.16. The Labute approximate surface area is 206 Å². The molecule has 3 rings (SSSR count). The number of amides is 1. The van der Waals surface area contributed by atoms with E-state index in [0.717, 1.165) is 29.8 Å². The Morgan fingerprint density at radius 2 is 1.81 bits per heavy atom. The minimum absolute atomic E-state index is 0. The molecule has 2 aromatic rings. The molecule has 0 bridgehead atoms. The number of hydrogen-bond acceptors (Lipinski definition) is 4. The third-order valence-electron chi connectivity index (χ3n) is 5.00. The number of anilines is 1. The van der Waals surface area contributed by atoms with Crippen LogP contribution in [0.5, 0.6) is 11.5 Å². The zero-order chi connectivity index (χ0) is 22.1. The Morgan fingerprint density at radius 3 is 2.41 bits per heavy atom. The van der Waals surface area contributed by atoms with E-state index in [-0.39, 0.29) is 36.5 Å². The molecule has 32 heavy (non-hydrogen) atoms. The Balaban J connectivity index is 0.00000363. The van der Waals surface area contributed by atoms with Crippen molar-refractivity contribution in [1.82, 2.24) is 10.6 Å². The number of carbonyl (C=O) groups excluding carboxylic acids is 1. The van der Waals surface area contributed by atoms with Gasteiger partial charge in [-0.1, -0.05) is 24.1 Å². The molecule has 7 nitrogen and oxygen atoms in total. The molecule has 2 N–H and O–H groups in total. The van der Waals surface area contributed by atoms with Crippen molar-refractivity contribution in [3.63, 3.8) is 0 Å². The summed E-state index contributed by atoms with van der Waals surface area (Å²) in [6.07, 6.45) is 6.84. The highest BCUT2D eigenvalue weighted by atomic mass is 127.